The van der Waals surface area contributed by atoms with E-state index in [1.165, 1.54) is 44.5 Å². The van der Waals surface area contributed by atoms with Gasteiger partial charge in [-0.25, -0.2) is 4.98 Å². The predicted molar refractivity (Wildman–Crippen MR) is 98.7 cm³/mol. The van der Waals surface area contributed by atoms with Gasteiger partial charge in [0.25, 0.3) is 0 Å². The van der Waals surface area contributed by atoms with E-state index in [-0.39, 0.29) is 24.0 Å². The lowest BCUT2D eigenvalue weighted by Crippen LogP contribution is -2.41. The monoisotopic (exact) mass is 436 g/mol. The molecule has 3 rings (SSSR count). The maximum atomic E-state index is 10.8. The van der Waals surface area contributed by atoms with Gasteiger partial charge in [0.2, 0.25) is 0 Å². The second kappa shape index (κ2) is 8.06. The molecule has 0 aromatic carbocycles. The molecule has 22 heavy (non-hydrogen) atoms. The Morgan fingerprint density at radius 2 is 2.00 bits per heavy atom. The first-order valence-corrected chi connectivity index (χ1v) is 8.91. The van der Waals surface area contributed by atoms with Crippen molar-refractivity contribution in [3.05, 3.63) is 16.6 Å². The standard InChI is InChI=1S/C16H24N2O2S.HI/c19-15(20)9-13-1-3-16(4-2-13)5-7-18(8-6-16)10-14-11-21-12-17-14;/h11-13H,1-10H2,(H,19,20);1H. The Morgan fingerprint density at radius 3 is 2.55 bits per heavy atom. The van der Waals surface area contributed by atoms with Gasteiger partial charge in [-0.15, -0.1) is 35.3 Å². The lowest BCUT2D eigenvalue weighted by molar-refractivity contribution is -0.138. The van der Waals surface area contributed by atoms with Crippen LogP contribution in [0.1, 0.15) is 50.6 Å². The van der Waals surface area contributed by atoms with E-state index < -0.39 is 5.97 Å². The van der Waals surface area contributed by atoms with E-state index in [2.05, 4.69) is 15.3 Å². The Morgan fingerprint density at radius 1 is 1.32 bits per heavy atom. The molecular formula is C16H25IN2O2S. The van der Waals surface area contributed by atoms with Crippen molar-refractivity contribution in [2.75, 3.05) is 13.1 Å². The number of nitrogens with zero attached hydrogens (tertiary/aromatic N) is 2. The first kappa shape index (κ1) is 18.1. The molecular weight excluding hydrogens is 411 g/mol. The molecule has 1 aliphatic carbocycles. The van der Waals surface area contributed by atoms with E-state index in [0.717, 1.165) is 19.4 Å². The van der Waals surface area contributed by atoms with Gasteiger partial charge >= 0.3 is 5.97 Å². The van der Waals surface area contributed by atoms with Crippen LogP contribution in [0.25, 0.3) is 0 Å². The summed E-state index contributed by atoms with van der Waals surface area (Å²) < 4.78 is 0. The summed E-state index contributed by atoms with van der Waals surface area (Å²) in [5.41, 5.74) is 3.61. The predicted octanol–water partition coefficient (Wildman–Crippen LogP) is 4.01. The van der Waals surface area contributed by atoms with Crippen molar-refractivity contribution in [1.29, 1.82) is 0 Å². The maximum absolute atomic E-state index is 10.8. The summed E-state index contributed by atoms with van der Waals surface area (Å²) in [6, 6.07) is 0. The van der Waals surface area contributed by atoms with Gasteiger partial charge in [-0.3, -0.25) is 9.69 Å². The van der Waals surface area contributed by atoms with Crippen molar-refractivity contribution in [2.45, 2.75) is 51.5 Å². The number of likely N-dealkylation sites (tertiary alicyclic amines) is 1. The van der Waals surface area contributed by atoms with Crippen LogP contribution in [0.5, 0.6) is 0 Å². The van der Waals surface area contributed by atoms with Gasteiger partial charge in [-0.1, -0.05) is 0 Å². The zero-order chi connectivity index (χ0) is 14.7. The fourth-order valence-corrected chi connectivity index (χ4v) is 4.52. The summed E-state index contributed by atoms with van der Waals surface area (Å²) in [6.45, 7) is 3.32. The minimum absolute atomic E-state index is 0. The lowest BCUT2D eigenvalue weighted by Gasteiger charge is -2.45. The largest absolute Gasteiger partial charge is 0.481 e. The molecule has 1 saturated heterocycles. The number of carboxylic acids is 1. The van der Waals surface area contributed by atoms with Crippen LogP contribution in [0.2, 0.25) is 0 Å². The third kappa shape index (κ3) is 4.64. The molecule has 124 valence electrons. The molecule has 0 atom stereocenters. The van der Waals surface area contributed by atoms with E-state index in [1.807, 2.05) is 5.51 Å². The Bertz CT molecular complexity index is 463. The van der Waals surface area contributed by atoms with E-state index in [4.69, 9.17) is 5.11 Å². The molecule has 1 aliphatic heterocycles. The van der Waals surface area contributed by atoms with Crippen LogP contribution in [0.15, 0.2) is 10.9 Å². The zero-order valence-corrected chi connectivity index (χ0v) is 16.0. The van der Waals surface area contributed by atoms with Gasteiger partial charge in [0.05, 0.1) is 11.2 Å². The van der Waals surface area contributed by atoms with Gasteiger partial charge in [-0.2, -0.15) is 0 Å². The second-order valence-corrected chi connectivity index (χ2v) is 7.52. The normalized spacial score (nSPS) is 22.4. The fourth-order valence-electron chi connectivity index (χ4n) is 3.97. The quantitative estimate of drug-likeness (QED) is 0.725. The molecule has 0 bridgehead atoms. The second-order valence-electron chi connectivity index (χ2n) is 6.80. The summed E-state index contributed by atoms with van der Waals surface area (Å²) in [5.74, 6) is -0.213. The molecule has 4 nitrogen and oxygen atoms in total. The fraction of sp³-hybridized carbons (Fsp3) is 0.750. The molecule has 0 radical (unpaired) electrons. The number of hydrogen-bond acceptors (Lipinski definition) is 4. The first-order valence-electron chi connectivity index (χ1n) is 7.96. The highest BCUT2D eigenvalue weighted by atomic mass is 127. The Hall–Kier alpha value is -0.210. The number of rotatable bonds is 4. The first-order chi connectivity index (χ1) is 10.2. The Labute approximate surface area is 153 Å². The number of thiazole rings is 1. The molecule has 1 saturated carbocycles. The minimum Gasteiger partial charge on any atom is -0.481 e. The summed E-state index contributed by atoms with van der Waals surface area (Å²) in [6.07, 6.45) is 7.60. The molecule has 1 spiro atoms. The Balaban J connectivity index is 0.00000176. The van der Waals surface area contributed by atoms with Crippen molar-refractivity contribution >= 4 is 41.3 Å². The molecule has 1 aromatic heterocycles. The van der Waals surface area contributed by atoms with Crippen LogP contribution < -0.4 is 0 Å². The van der Waals surface area contributed by atoms with Gasteiger partial charge in [0, 0.05) is 18.3 Å². The van der Waals surface area contributed by atoms with Crippen LogP contribution in [0.3, 0.4) is 0 Å². The number of halogens is 1. The number of aliphatic carboxylic acids is 1. The molecule has 0 amide bonds. The van der Waals surface area contributed by atoms with E-state index in [9.17, 15) is 4.79 Å². The lowest BCUT2D eigenvalue weighted by atomic mass is 9.65. The number of piperidine rings is 1. The minimum atomic E-state index is -0.631. The third-order valence-electron chi connectivity index (χ3n) is 5.41. The van der Waals surface area contributed by atoms with E-state index in [0.29, 0.717) is 17.8 Å². The summed E-state index contributed by atoms with van der Waals surface area (Å²) in [4.78, 5) is 17.7. The highest BCUT2D eigenvalue weighted by Gasteiger charge is 2.38. The zero-order valence-electron chi connectivity index (χ0n) is 12.9. The van der Waals surface area contributed by atoms with Gasteiger partial charge in [-0.05, 0) is 62.9 Å². The van der Waals surface area contributed by atoms with Crippen molar-refractivity contribution in [2.24, 2.45) is 11.3 Å². The number of hydrogen-bond donors (Lipinski definition) is 1. The molecule has 2 fully saturated rings. The average molecular weight is 436 g/mol. The van der Waals surface area contributed by atoms with E-state index in [1.54, 1.807) is 11.3 Å². The van der Waals surface area contributed by atoms with Crippen LogP contribution in [-0.2, 0) is 11.3 Å². The van der Waals surface area contributed by atoms with Crippen molar-refractivity contribution < 1.29 is 9.90 Å². The number of carbonyl (C=O) groups is 1. The highest BCUT2D eigenvalue weighted by molar-refractivity contribution is 14.0. The SMILES string of the molecule is I.O=C(O)CC1CCC2(CC1)CCN(Cc1cscn1)CC2. The van der Waals surface area contributed by atoms with Gasteiger partial charge < -0.3 is 5.11 Å². The van der Waals surface area contributed by atoms with Crippen LogP contribution >= 0.6 is 35.3 Å². The molecule has 1 aromatic rings. The summed E-state index contributed by atoms with van der Waals surface area (Å²) in [5, 5.41) is 11.1. The van der Waals surface area contributed by atoms with Crippen molar-refractivity contribution in [1.82, 2.24) is 9.88 Å². The van der Waals surface area contributed by atoms with Crippen LogP contribution in [-0.4, -0.2) is 34.0 Å². The summed E-state index contributed by atoms with van der Waals surface area (Å²) in [7, 11) is 0. The van der Waals surface area contributed by atoms with Gasteiger partial charge in [0.15, 0.2) is 0 Å². The van der Waals surface area contributed by atoms with Crippen molar-refractivity contribution in [3.63, 3.8) is 0 Å². The molecule has 2 heterocycles. The average Bonchev–Trinajstić information content (AvgIpc) is 2.97. The van der Waals surface area contributed by atoms with Gasteiger partial charge in [0.1, 0.15) is 0 Å². The smallest absolute Gasteiger partial charge is 0.303 e. The Kier molecular flexibility index (Phi) is 6.64. The van der Waals surface area contributed by atoms with Crippen LogP contribution in [0, 0.1) is 11.3 Å². The molecule has 6 heteroatoms. The topological polar surface area (TPSA) is 53.4 Å². The molecule has 1 N–H and O–H groups in total. The van der Waals surface area contributed by atoms with Crippen LogP contribution in [0.4, 0.5) is 0 Å². The third-order valence-corrected chi connectivity index (χ3v) is 6.05. The number of carboxylic acid groups (broad SMARTS) is 1. The highest BCUT2D eigenvalue weighted by Crippen LogP contribution is 2.47. The maximum Gasteiger partial charge on any atom is 0.303 e. The van der Waals surface area contributed by atoms with Crippen molar-refractivity contribution in [3.8, 4) is 0 Å². The van der Waals surface area contributed by atoms with E-state index >= 15 is 0 Å². The molecule has 2 aliphatic rings. The molecule has 0 unspecified atom stereocenters. The summed E-state index contributed by atoms with van der Waals surface area (Å²) >= 11 is 1.67. The number of aromatic nitrogens is 1.